The van der Waals surface area contributed by atoms with E-state index < -0.39 is 0 Å². The van der Waals surface area contributed by atoms with Gasteiger partial charge in [0, 0.05) is 0 Å². The quantitative estimate of drug-likeness (QED) is 0.650. The Morgan fingerprint density at radius 3 is 3.00 bits per heavy atom. The molecular weight excluding hydrogens is 354 g/mol. The molecule has 0 atom stereocenters. The van der Waals surface area contributed by atoms with Gasteiger partial charge in [-0.1, -0.05) is 11.2 Å². The number of benzene rings is 1. The van der Waals surface area contributed by atoms with Gasteiger partial charge in [0.15, 0.2) is 11.5 Å². The molecule has 3 heterocycles. The maximum absolute atomic E-state index is 9.51. The largest absolute Gasteiger partial charge is 0.493 e. The zero-order valence-corrected chi connectivity index (χ0v) is 14.6. The van der Waals surface area contributed by atoms with Crippen molar-refractivity contribution in [3.8, 4) is 34.0 Å². The molecule has 1 aromatic carbocycles. The highest BCUT2D eigenvalue weighted by molar-refractivity contribution is 7.13. The van der Waals surface area contributed by atoms with Crippen LogP contribution in [-0.2, 0) is 0 Å². The third-order valence-corrected chi connectivity index (χ3v) is 4.55. The van der Waals surface area contributed by atoms with Crippen LogP contribution in [0.2, 0.25) is 0 Å². The molecule has 0 N–H and O–H groups in total. The fourth-order valence-electron chi connectivity index (χ4n) is 2.52. The van der Waals surface area contributed by atoms with Gasteiger partial charge in [0.1, 0.15) is 24.9 Å². The molecule has 0 aliphatic carbocycles. The Bertz CT molecular complexity index is 985. The van der Waals surface area contributed by atoms with Gasteiger partial charge in [-0.2, -0.15) is 10.2 Å². The van der Waals surface area contributed by atoms with Gasteiger partial charge in [-0.3, -0.25) is 0 Å². The molecule has 1 aliphatic heterocycles. The Balaban J connectivity index is 1.71. The Labute approximate surface area is 153 Å². The molecule has 7 nitrogen and oxygen atoms in total. The molecule has 0 saturated heterocycles. The number of allylic oxidation sites excluding steroid dienone is 1. The molecule has 130 valence electrons. The predicted octanol–water partition coefficient (Wildman–Crippen LogP) is 3.64. The highest BCUT2D eigenvalue weighted by Gasteiger charge is 2.19. The molecule has 1 aliphatic rings. The van der Waals surface area contributed by atoms with Crippen molar-refractivity contribution in [1.82, 2.24) is 10.1 Å². The zero-order valence-electron chi connectivity index (χ0n) is 13.8. The number of hydrogen-bond acceptors (Lipinski definition) is 8. The minimum Gasteiger partial charge on any atom is -0.493 e. The number of hydrogen-bond donors (Lipinski definition) is 0. The number of methoxy groups -OCH3 is 1. The van der Waals surface area contributed by atoms with E-state index in [9.17, 15) is 5.26 Å². The van der Waals surface area contributed by atoms with E-state index in [0.29, 0.717) is 41.9 Å². The maximum Gasteiger partial charge on any atom is 0.268 e. The van der Waals surface area contributed by atoms with Gasteiger partial charge < -0.3 is 18.7 Å². The molecule has 26 heavy (non-hydrogen) atoms. The molecule has 8 heteroatoms. The zero-order chi connectivity index (χ0) is 17.9. The molecule has 0 spiro atoms. The second-order valence-corrected chi connectivity index (χ2v) is 6.27. The number of aromatic nitrogens is 2. The summed E-state index contributed by atoms with van der Waals surface area (Å²) in [6.45, 7) is 0.928. The molecule has 0 unspecified atom stereocenters. The normalized spacial score (nSPS) is 13.3. The standard InChI is InChI=1S/C18H13N3O4S/c1-22-13-8-11(9-14-16(13)24-5-4-23-14)7-12(10-19)18-20-17(21-25-18)15-3-2-6-26-15/h2-3,6-9H,4-5H2,1H3/b12-7+. The van der Waals surface area contributed by atoms with Crippen LogP contribution in [0.3, 0.4) is 0 Å². The molecule has 0 saturated carbocycles. The number of nitrogens with zero attached hydrogens (tertiary/aromatic N) is 3. The summed E-state index contributed by atoms with van der Waals surface area (Å²) >= 11 is 1.50. The van der Waals surface area contributed by atoms with Crippen molar-refractivity contribution >= 4 is 23.0 Å². The van der Waals surface area contributed by atoms with Gasteiger partial charge in [0.25, 0.3) is 5.89 Å². The van der Waals surface area contributed by atoms with E-state index in [1.54, 1.807) is 25.3 Å². The molecular formula is C18H13N3O4S. The lowest BCUT2D eigenvalue weighted by Gasteiger charge is -2.21. The van der Waals surface area contributed by atoms with Crippen molar-refractivity contribution in [2.45, 2.75) is 0 Å². The summed E-state index contributed by atoms with van der Waals surface area (Å²) in [5, 5.41) is 15.4. The van der Waals surface area contributed by atoms with Crippen LogP contribution in [0.4, 0.5) is 0 Å². The number of ether oxygens (including phenoxy) is 3. The topological polar surface area (TPSA) is 90.4 Å². The molecule has 2 aromatic heterocycles. The summed E-state index contributed by atoms with van der Waals surface area (Å²) in [4.78, 5) is 5.18. The van der Waals surface area contributed by atoms with Crippen molar-refractivity contribution in [2.75, 3.05) is 20.3 Å². The lowest BCUT2D eigenvalue weighted by atomic mass is 10.1. The van der Waals surface area contributed by atoms with Gasteiger partial charge in [-0.15, -0.1) is 11.3 Å². The molecule has 4 rings (SSSR count). The predicted molar refractivity (Wildman–Crippen MR) is 95.1 cm³/mol. The minimum atomic E-state index is 0.157. The van der Waals surface area contributed by atoms with E-state index in [0.717, 1.165) is 4.88 Å². The number of nitriles is 1. The van der Waals surface area contributed by atoms with E-state index in [4.69, 9.17) is 18.7 Å². The third kappa shape index (κ3) is 3.00. The van der Waals surface area contributed by atoms with Crippen molar-refractivity contribution in [3.05, 3.63) is 41.1 Å². The Kier molecular flexibility index (Phi) is 4.29. The van der Waals surface area contributed by atoms with Crippen LogP contribution in [-0.4, -0.2) is 30.5 Å². The highest BCUT2D eigenvalue weighted by atomic mass is 32.1. The van der Waals surface area contributed by atoms with Gasteiger partial charge >= 0.3 is 0 Å². The molecule has 3 aromatic rings. The summed E-state index contributed by atoms with van der Waals surface area (Å²) in [5.41, 5.74) is 0.956. The lowest BCUT2D eigenvalue weighted by molar-refractivity contribution is 0.165. The number of fused-ring (bicyclic) bond motifs is 1. The first-order chi connectivity index (χ1) is 12.8. The second-order valence-electron chi connectivity index (χ2n) is 5.32. The van der Waals surface area contributed by atoms with E-state index in [-0.39, 0.29) is 11.5 Å². The van der Waals surface area contributed by atoms with Crippen LogP contribution in [0, 0.1) is 11.3 Å². The molecule has 0 fully saturated rings. The Morgan fingerprint density at radius 2 is 2.23 bits per heavy atom. The average Bonchev–Trinajstić information content (AvgIpc) is 3.36. The second kappa shape index (κ2) is 6.90. The van der Waals surface area contributed by atoms with Crippen LogP contribution in [0.1, 0.15) is 11.5 Å². The summed E-state index contributed by atoms with van der Waals surface area (Å²) < 4.78 is 21.8. The van der Waals surface area contributed by atoms with Crippen molar-refractivity contribution < 1.29 is 18.7 Å². The van der Waals surface area contributed by atoms with Gasteiger partial charge in [0.05, 0.1) is 12.0 Å². The van der Waals surface area contributed by atoms with Crippen LogP contribution in [0.25, 0.3) is 22.4 Å². The minimum absolute atomic E-state index is 0.157. The Hall–Kier alpha value is -3.31. The van der Waals surface area contributed by atoms with Crippen LogP contribution < -0.4 is 14.2 Å². The van der Waals surface area contributed by atoms with E-state index in [1.807, 2.05) is 17.5 Å². The van der Waals surface area contributed by atoms with Crippen molar-refractivity contribution in [2.24, 2.45) is 0 Å². The monoisotopic (exact) mass is 367 g/mol. The Morgan fingerprint density at radius 1 is 1.35 bits per heavy atom. The van der Waals surface area contributed by atoms with E-state index >= 15 is 0 Å². The SMILES string of the molecule is COc1cc(/C=C(\C#N)c2nc(-c3cccs3)no2)cc2c1OCCO2. The lowest BCUT2D eigenvalue weighted by Crippen LogP contribution is -2.16. The van der Waals surface area contributed by atoms with Crippen LogP contribution >= 0.6 is 11.3 Å². The molecule has 0 radical (unpaired) electrons. The number of rotatable bonds is 4. The fraction of sp³-hybridized carbons (Fsp3) is 0.167. The molecule has 0 amide bonds. The summed E-state index contributed by atoms with van der Waals surface area (Å²) in [6, 6.07) is 9.44. The first-order valence-corrected chi connectivity index (χ1v) is 8.64. The van der Waals surface area contributed by atoms with E-state index in [2.05, 4.69) is 16.2 Å². The van der Waals surface area contributed by atoms with Gasteiger partial charge in [0.2, 0.25) is 11.6 Å². The van der Waals surface area contributed by atoms with Gasteiger partial charge in [-0.05, 0) is 35.2 Å². The average molecular weight is 367 g/mol. The fourth-order valence-corrected chi connectivity index (χ4v) is 3.17. The van der Waals surface area contributed by atoms with Crippen molar-refractivity contribution in [3.63, 3.8) is 0 Å². The first-order valence-electron chi connectivity index (χ1n) is 7.76. The van der Waals surface area contributed by atoms with Gasteiger partial charge in [-0.25, -0.2) is 0 Å². The van der Waals surface area contributed by atoms with E-state index in [1.165, 1.54) is 11.3 Å². The first kappa shape index (κ1) is 16.2. The third-order valence-electron chi connectivity index (χ3n) is 3.68. The summed E-state index contributed by atoms with van der Waals surface area (Å²) in [7, 11) is 1.55. The van der Waals surface area contributed by atoms with Crippen molar-refractivity contribution in [1.29, 1.82) is 5.26 Å². The number of thiophene rings is 1. The smallest absolute Gasteiger partial charge is 0.268 e. The van der Waals surface area contributed by atoms with Crippen LogP contribution in [0.5, 0.6) is 17.2 Å². The molecule has 0 bridgehead atoms. The van der Waals surface area contributed by atoms with Crippen LogP contribution in [0.15, 0.2) is 34.2 Å². The highest BCUT2D eigenvalue weighted by Crippen LogP contribution is 2.41. The summed E-state index contributed by atoms with van der Waals surface area (Å²) in [5.74, 6) is 2.28. The summed E-state index contributed by atoms with van der Waals surface area (Å²) in [6.07, 6.45) is 1.65. The maximum atomic E-state index is 9.51.